The van der Waals surface area contributed by atoms with Gasteiger partial charge in [-0.15, -0.1) is 0 Å². The maximum Gasteiger partial charge on any atom is 0.193 e. The third kappa shape index (κ3) is 4.16. The molecule has 0 radical (unpaired) electrons. The van der Waals surface area contributed by atoms with Crippen LogP contribution in [0.1, 0.15) is 15.9 Å². The van der Waals surface area contributed by atoms with E-state index in [1.165, 1.54) is 0 Å². The summed E-state index contributed by atoms with van der Waals surface area (Å²) in [7, 11) is 0. The van der Waals surface area contributed by atoms with E-state index >= 15 is 0 Å². The molecule has 0 saturated heterocycles. The van der Waals surface area contributed by atoms with E-state index in [-0.39, 0.29) is 5.78 Å². The lowest BCUT2D eigenvalue weighted by atomic mass is 9.96. The van der Waals surface area contributed by atoms with Crippen LogP contribution in [0.5, 0.6) is 0 Å². The fourth-order valence-electron chi connectivity index (χ4n) is 3.20. The summed E-state index contributed by atoms with van der Waals surface area (Å²) >= 11 is 7.11. The predicted molar refractivity (Wildman–Crippen MR) is 123 cm³/mol. The minimum atomic E-state index is -0.00281. The SMILES string of the molecule is O=C(c1cc(Br)cc(-c2ccccc2)c1)c1cc(Br)cc(-c2ccccc2)c1. The van der Waals surface area contributed by atoms with E-state index < -0.39 is 0 Å². The van der Waals surface area contributed by atoms with Crippen LogP contribution in [0.4, 0.5) is 0 Å². The summed E-state index contributed by atoms with van der Waals surface area (Å²) in [5.41, 5.74) is 5.50. The highest BCUT2D eigenvalue weighted by molar-refractivity contribution is 9.10. The van der Waals surface area contributed by atoms with Crippen molar-refractivity contribution in [1.29, 1.82) is 0 Å². The van der Waals surface area contributed by atoms with Gasteiger partial charge in [0.2, 0.25) is 0 Å². The maximum absolute atomic E-state index is 13.3. The topological polar surface area (TPSA) is 17.1 Å². The van der Waals surface area contributed by atoms with Crippen molar-refractivity contribution >= 4 is 37.6 Å². The zero-order valence-corrected chi connectivity index (χ0v) is 18.1. The molecule has 0 bridgehead atoms. The van der Waals surface area contributed by atoms with Gasteiger partial charge in [-0.1, -0.05) is 92.5 Å². The van der Waals surface area contributed by atoms with E-state index in [1.807, 2.05) is 97.1 Å². The summed E-state index contributed by atoms with van der Waals surface area (Å²) in [5.74, 6) is -0.00281. The summed E-state index contributed by atoms with van der Waals surface area (Å²) in [6.07, 6.45) is 0. The van der Waals surface area contributed by atoms with Crippen LogP contribution < -0.4 is 0 Å². The van der Waals surface area contributed by atoms with Crippen molar-refractivity contribution in [2.45, 2.75) is 0 Å². The average molecular weight is 492 g/mol. The lowest BCUT2D eigenvalue weighted by molar-refractivity contribution is 0.103. The second-order valence-corrected chi connectivity index (χ2v) is 8.35. The molecule has 0 saturated carbocycles. The summed E-state index contributed by atoms with van der Waals surface area (Å²) in [5, 5.41) is 0. The molecule has 0 aliphatic heterocycles. The van der Waals surface area contributed by atoms with Gasteiger partial charge in [0.1, 0.15) is 0 Å². The molecule has 4 aromatic carbocycles. The highest BCUT2D eigenvalue weighted by Crippen LogP contribution is 2.29. The molecular formula is C25H16Br2O. The molecule has 0 aromatic heterocycles. The van der Waals surface area contributed by atoms with Gasteiger partial charge in [0, 0.05) is 20.1 Å². The molecule has 1 nitrogen and oxygen atoms in total. The van der Waals surface area contributed by atoms with Crippen LogP contribution in [-0.2, 0) is 0 Å². The number of benzene rings is 4. The van der Waals surface area contributed by atoms with Crippen molar-refractivity contribution in [3.05, 3.63) is 117 Å². The second kappa shape index (κ2) is 8.26. The molecule has 0 atom stereocenters. The Kier molecular flexibility index (Phi) is 5.56. The quantitative estimate of drug-likeness (QED) is 0.266. The number of rotatable bonds is 4. The molecular weight excluding hydrogens is 476 g/mol. The number of carbonyl (C=O) groups excluding carboxylic acids is 1. The molecule has 4 rings (SSSR count). The van der Waals surface area contributed by atoms with Crippen molar-refractivity contribution in [3.8, 4) is 22.3 Å². The molecule has 28 heavy (non-hydrogen) atoms. The van der Waals surface area contributed by atoms with Crippen molar-refractivity contribution < 1.29 is 4.79 Å². The van der Waals surface area contributed by atoms with Gasteiger partial charge < -0.3 is 0 Å². The minimum absolute atomic E-state index is 0.00281. The molecule has 0 fully saturated rings. The first-order valence-corrected chi connectivity index (χ1v) is 10.5. The van der Waals surface area contributed by atoms with E-state index in [9.17, 15) is 4.79 Å². The molecule has 136 valence electrons. The summed E-state index contributed by atoms with van der Waals surface area (Å²) in [4.78, 5) is 13.3. The summed E-state index contributed by atoms with van der Waals surface area (Å²) < 4.78 is 1.77. The Labute approximate surface area is 181 Å². The van der Waals surface area contributed by atoms with E-state index in [1.54, 1.807) is 0 Å². The first-order chi connectivity index (χ1) is 13.6. The third-order valence-electron chi connectivity index (χ3n) is 4.53. The first kappa shape index (κ1) is 18.9. The minimum Gasteiger partial charge on any atom is -0.289 e. The van der Waals surface area contributed by atoms with Gasteiger partial charge in [-0.2, -0.15) is 0 Å². The smallest absolute Gasteiger partial charge is 0.193 e. The Morgan fingerprint density at radius 3 is 1.29 bits per heavy atom. The van der Waals surface area contributed by atoms with Crippen LogP contribution in [0.3, 0.4) is 0 Å². The Morgan fingerprint density at radius 1 is 0.500 bits per heavy atom. The van der Waals surface area contributed by atoms with Crippen molar-refractivity contribution in [2.24, 2.45) is 0 Å². The van der Waals surface area contributed by atoms with Crippen LogP contribution in [0.2, 0.25) is 0 Å². The monoisotopic (exact) mass is 490 g/mol. The van der Waals surface area contributed by atoms with E-state index in [2.05, 4.69) is 31.9 Å². The fourth-order valence-corrected chi connectivity index (χ4v) is 4.19. The highest BCUT2D eigenvalue weighted by atomic mass is 79.9. The number of hydrogen-bond donors (Lipinski definition) is 0. The lowest BCUT2D eigenvalue weighted by Gasteiger charge is -2.09. The van der Waals surface area contributed by atoms with Crippen LogP contribution >= 0.6 is 31.9 Å². The summed E-state index contributed by atoms with van der Waals surface area (Å²) in [6, 6.07) is 31.8. The third-order valence-corrected chi connectivity index (χ3v) is 5.45. The normalized spacial score (nSPS) is 10.6. The van der Waals surface area contributed by atoms with E-state index in [0.29, 0.717) is 11.1 Å². The van der Waals surface area contributed by atoms with Gasteiger partial charge in [-0.25, -0.2) is 0 Å². The number of hydrogen-bond acceptors (Lipinski definition) is 1. The van der Waals surface area contributed by atoms with Gasteiger partial charge in [-0.3, -0.25) is 4.79 Å². The molecule has 0 unspecified atom stereocenters. The van der Waals surface area contributed by atoms with Gasteiger partial charge in [0.05, 0.1) is 0 Å². The molecule has 0 heterocycles. The Hall–Kier alpha value is -2.49. The average Bonchev–Trinajstić information content (AvgIpc) is 2.73. The van der Waals surface area contributed by atoms with Crippen LogP contribution in [-0.4, -0.2) is 5.78 Å². The van der Waals surface area contributed by atoms with Crippen LogP contribution in [0, 0.1) is 0 Å². The molecule has 3 heteroatoms. The van der Waals surface area contributed by atoms with Crippen molar-refractivity contribution in [1.82, 2.24) is 0 Å². The summed E-state index contributed by atoms with van der Waals surface area (Å²) in [6.45, 7) is 0. The molecule has 0 aliphatic rings. The molecule has 0 N–H and O–H groups in total. The van der Waals surface area contributed by atoms with E-state index in [0.717, 1.165) is 31.2 Å². The number of ketones is 1. The Bertz CT molecular complexity index is 1040. The van der Waals surface area contributed by atoms with Crippen LogP contribution in [0.25, 0.3) is 22.3 Å². The Balaban J connectivity index is 1.76. The van der Waals surface area contributed by atoms with Crippen molar-refractivity contribution in [2.75, 3.05) is 0 Å². The second-order valence-electron chi connectivity index (χ2n) is 6.52. The van der Waals surface area contributed by atoms with Gasteiger partial charge in [-0.05, 0) is 58.7 Å². The largest absolute Gasteiger partial charge is 0.289 e. The number of halogens is 2. The van der Waals surface area contributed by atoms with Gasteiger partial charge >= 0.3 is 0 Å². The predicted octanol–water partition coefficient (Wildman–Crippen LogP) is 7.78. The van der Waals surface area contributed by atoms with Gasteiger partial charge in [0.15, 0.2) is 5.78 Å². The van der Waals surface area contributed by atoms with Crippen LogP contribution in [0.15, 0.2) is 106 Å². The zero-order valence-electron chi connectivity index (χ0n) is 14.9. The molecule has 4 aromatic rings. The zero-order chi connectivity index (χ0) is 19.5. The number of carbonyl (C=O) groups is 1. The highest BCUT2D eigenvalue weighted by Gasteiger charge is 2.14. The molecule has 0 amide bonds. The first-order valence-electron chi connectivity index (χ1n) is 8.87. The molecule has 0 aliphatic carbocycles. The lowest BCUT2D eigenvalue weighted by Crippen LogP contribution is -2.02. The van der Waals surface area contributed by atoms with Crippen molar-refractivity contribution in [3.63, 3.8) is 0 Å². The van der Waals surface area contributed by atoms with Gasteiger partial charge in [0.25, 0.3) is 0 Å². The Morgan fingerprint density at radius 2 is 0.893 bits per heavy atom. The standard InChI is InChI=1S/C25H16Br2O/c26-23-13-19(17-7-3-1-4-8-17)11-21(15-23)25(28)22-12-20(14-24(27)16-22)18-9-5-2-6-10-18/h1-16H. The fraction of sp³-hybridized carbons (Fsp3) is 0. The molecule has 0 spiro atoms. The maximum atomic E-state index is 13.3. The van der Waals surface area contributed by atoms with E-state index in [4.69, 9.17) is 0 Å².